The minimum atomic E-state index is -3.93. The van der Waals surface area contributed by atoms with Crippen LogP contribution < -0.4 is 11.2 Å². The molecular formula is C18H15BrFN3O4S. The molecule has 2 aliphatic rings. The van der Waals surface area contributed by atoms with E-state index in [-0.39, 0.29) is 22.3 Å². The van der Waals surface area contributed by atoms with E-state index in [1.54, 1.807) is 6.07 Å². The number of fused-ring (bicyclic) bond motifs is 3. The molecule has 0 unspecified atom stereocenters. The van der Waals surface area contributed by atoms with E-state index >= 15 is 0 Å². The lowest BCUT2D eigenvalue weighted by Gasteiger charge is -2.08. The molecule has 0 amide bonds. The zero-order valence-electron chi connectivity index (χ0n) is 14.6. The van der Waals surface area contributed by atoms with E-state index in [9.17, 15) is 22.4 Å². The van der Waals surface area contributed by atoms with Gasteiger partial charge in [0.25, 0.3) is 5.56 Å². The molecule has 3 aromatic rings. The Balaban J connectivity index is 1.98. The molecule has 0 atom stereocenters. The van der Waals surface area contributed by atoms with Crippen LogP contribution >= 0.6 is 15.9 Å². The highest BCUT2D eigenvalue weighted by atomic mass is 79.9. The number of hydrogen-bond acceptors (Lipinski definition) is 4. The largest absolute Gasteiger partial charge is 0.347 e. The average Bonchev–Trinajstić information content (AvgIpc) is 3.30. The van der Waals surface area contributed by atoms with Crippen molar-refractivity contribution in [1.82, 2.24) is 13.1 Å². The summed E-state index contributed by atoms with van der Waals surface area (Å²) in [5.41, 5.74) is -0.467. The van der Waals surface area contributed by atoms with Gasteiger partial charge in [0, 0.05) is 22.8 Å². The summed E-state index contributed by atoms with van der Waals surface area (Å²) in [5.74, 6) is -0.694. The lowest BCUT2D eigenvalue weighted by molar-refractivity contribution is 0.583. The van der Waals surface area contributed by atoms with Crippen molar-refractivity contribution in [3.63, 3.8) is 0 Å². The Morgan fingerprint density at radius 3 is 2.57 bits per heavy atom. The third-order valence-electron chi connectivity index (χ3n) is 5.32. The molecule has 1 aromatic carbocycles. The molecule has 0 bridgehead atoms. The first-order chi connectivity index (χ1) is 13.3. The summed E-state index contributed by atoms with van der Waals surface area (Å²) in [7, 11) is -3.93. The number of benzene rings is 1. The van der Waals surface area contributed by atoms with E-state index in [1.165, 1.54) is 22.8 Å². The molecule has 7 nitrogen and oxygen atoms in total. The van der Waals surface area contributed by atoms with Gasteiger partial charge in [0.15, 0.2) is 0 Å². The normalized spacial score (nSPS) is 16.6. The molecule has 146 valence electrons. The van der Waals surface area contributed by atoms with Gasteiger partial charge >= 0.3 is 5.69 Å². The topological polar surface area (TPSA) is 83.1 Å². The second-order valence-corrected chi connectivity index (χ2v) is 10.1. The molecule has 1 aliphatic heterocycles. The van der Waals surface area contributed by atoms with Gasteiger partial charge in [0.05, 0.1) is 16.5 Å². The summed E-state index contributed by atoms with van der Waals surface area (Å²) in [4.78, 5) is 25.8. The smallest absolute Gasteiger partial charge is 0.310 e. The monoisotopic (exact) mass is 467 g/mol. The lowest BCUT2D eigenvalue weighted by Crippen LogP contribution is -2.31. The van der Waals surface area contributed by atoms with Crippen LogP contribution in [0.1, 0.15) is 25.0 Å². The van der Waals surface area contributed by atoms with Crippen molar-refractivity contribution in [2.24, 2.45) is 0 Å². The Kier molecular flexibility index (Phi) is 3.76. The third kappa shape index (κ3) is 2.40. The van der Waals surface area contributed by atoms with Gasteiger partial charge in [-0.1, -0.05) is 15.9 Å². The van der Waals surface area contributed by atoms with Crippen LogP contribution in [0.15, 0.2) is 38.3 Å². The second-order valence-electron chi connectivity index (χ2n) is 7.14. The van der Waals surface area contributed by atoms with Gasteiger partial charge in [-0.05, 0) is 43.9 Å². The van der Waals surface area contributed by atoms with E-state index in [0.717, 1.165) is 8.54 Å². The van der Waals surface area contributed by atoms with Gasteiger partial charge in [0.2, 0.25) is 10.0 Å². The van der Waals surface area contributed by atoms with Crippen LogP contribution in [-0.2, 0) is 23.0 Å². The molecule has 10 heteroatoms. The van der Waals surface area contributed by atoms with Crippen LogP contribution in [-0.4, -0.2) is 26.8 Å². The van der Waals surface area contributed by atoms with Crippen LogP contribution in [0, 0.1) is 5.82 Å². The minimum Gasteiger partial charge on any atom is -0.310 e. The maximum atomic E-state index is 14.7. The van der Waals surface area contributed by atoms with Crippen LogP contribution in [0.2, 0.25) is 0 Å². The van der Waals surface area contributed by atoms with Gasteiger partial charge in [0.1, 0.15) is 11.3 Å². The molecular weight excluding hydrogens is 453 g/mol. The fraction of sp³-hybridized carbons (Fsp3) is 0.333. The van der Waals surface area contributed by atoms with Crippen molar-refractivity contribution in [3.8, 4) is 5.69 Å². The molecule has 0 spiro atoms. The number of halogens is 2. The van der Waals surface area contributed by atoms with Crippen molar-refractivity contribution in [1.29, 1.82) is 0 Å². The van der Waals surface area contributed by atoms with Gasteiger partial charge in [-0.15, -0.1) is 0 Å². The minimum absolute atomic E-state index is 0.0923. The highest BCUT2D eigenvalue weighted by molar-refractivity contribution is 9.10. The molecule has 0 radical (unpaired) electrons. The lowest BCUT2D eigenvalue weighted by atomic mass is 10.2. The standard InChI is InChI=1S/C18H15BrFN3O4S/c19-10-3-6-13(12(20)8-10)22-15-9-16(24)21-7-1-2-14(21)17(15)23(18(22)25)28(26,27)11-4-5-11/h3,6,8-9,11H,1-2,4-5,7H2. The van der Waals surface area contributed by atoms with E-state index in [2.05, 4.69) is 15.9 Å². The number of aryl methyl sites for hydroxylation is 1. The molecule has 28 heavy (non-hydrogen) atoms. The highest BCUT2D eigenvalue weighted by Gasteiger charge is 2.41. The molecule has 5 rings (SSSR count). The van der Waals surface area contributed by atoms with Crippen LogP contribution in [0.3, 0.4) is 0 Å². The van der Waals surface area contributed by atoms with Crippen molar-refractivity contribution >= 4 is 37.0 Å². The zero-order valence-corrected chi connectivity index (χ0v) is 17.0. The molecule has 2 aromatic heterocycles. The Morgan fingerprint density at radius 1 is 1.14 bits per heavy atom. The Bertz CT molecular complexity index is 1380. The van der Waals surface area contributed by atoms with Crippen LogP contribution in [0.4, 0.5) is 4.39 Å². The summed E-state index contributed by atoms with van der Waals surface area (Å²) >= 11 is 3.17. The molecule has 0 N–H and O–H groups in total. The Labute approximate surface area is 167 Å². The number of imidazole rings is 1. The van der Waals surface area contributed by atoms with Crippen molar-refractivity contribution in [3.05, 3.63) is 61.1 Å². The SMILES string of the molecule is O=c1cc2c(c3n1CCC3)n(S(=O)(=O)C1CC1)c(=O)n2-c1ccc(Br)cc1F. The van der Waals surface area contributed by atoms with Crippen LogP contribution in [0.5, 0.6) is 0 Å². The first-order valence-corrected chi connectivity index (χ1v) is 11.2. The molecule has 3 heterocycles. The van der Waals surface area contributed by atoms with Crippen molar-refractivity contribution in [2.75, 3.05) is 0 Å². The first-order valence-electron chi connectivity index (χ1n) is 8.90. The van der Waals surface area contributed by atoms with Crippen molar-refractivity contribution in [2.45, 2.75) is 37.5 Å². The third-order valence-corrected chi connectivity index (χ3v) is 7.98. The van der Waals surface area contributed by atoms with Gasteiger partial charge < -0.3 is 4.57 Å². The molecule has 1 aliphatic carbocycles. The summed E-state index contributed by atoms with van der Waals surface area (Å²) in [6.07, 6.45) is 2.15. The van der Waals surface area contributed by atoms with E-state index < -0.39 is 26.8 Å². The number of rotatable bonds is 3. The fourth-order valence-electron chi connectivity index (χ4n) is 3.90. The number of nitrogens with zero attached hydrogens (tertiary/aromatic N) is 3. The number of aromatic nitrogens is 3. The van der Waals surface area contributed by atoms with Crippen molar-refractivity contribution < 1.29 is 12.8 Å². The molecule has 1 saturated carbocycles. The first kappa shape index (κ1) is 17.9. The molecule has 0 saturated heterocycles. The fourth-order valence-corrected chi connectivity index (χ4v) is 6.02. The summed E-state index contributed by atoms with van der Waals surface area (Å²) in [6, 6.07) is 5.37. The summed E-state index contributed by atoms with van der Waals surface area (Å²) < 4.78 is 44.6. The van der Waals surface area contributed by atoms with Crippen LogP contribution in [0.25, 0.3) is 16.7 Å². The number of hydrogen-bond donors (Lipinski definition) is 0. The highest BCUT2D eigenvalue weighted by Crippen LogP contribution is 2.33. The number of pyridine rings is 1. The van der Waals surface area contributed by atoms with Gasteiger partial charge in [-0.25, -0.2) is 17.6 Å². The predicted octanol–water partition coefficient (Wildman–Crippen LogP) is 2.14. The van der Waals surface area contributed by atoms with E-state index in [1.807, 2.05) is 0 Å². The Morgan fingerprint density at radius 2 is 1.89 bits per heavy atom. The molecule has 1 fully saturated rings. The maximum absolute atomic E-state index is 14.7. The average molecular weight is 468 g/mol. The second kappa shape index (κ2) is 5.90. The van der Waals surface area contributed by atoms with Gasteiger partial charge in [-0.3, -0.25) is 9.36 Å². The Hall–Kier alpha value is -2.20. The van der Waals surface area contributed by atoms with E-state index in [4.69, 9.17) is 0 Å². The van der Waals surface area contributed by atoms with E-state index in [0.29, 0.717) is 42.4 Å². The zero-order chi connectivity index (χ0) is 19.8. The quantitative estimate of drug-likeness (QED) is 0.590. The predicted molar refractivity (Wildman–Crippen MR) is 105 cm³/mol. The maximum Gasteiger partial charge on any atom is 0.347 e. The summed E-state index contributed by atoms with van der Waals surface area (Å²) in [5, 5.41) is -0.618. The van der Waals surface area contributed by atoms with Gasteiger partial charge in [-0.2, -0.15) is 3.97 Å². The summed E-state index contributed by atoms with van der Waals surface area (Å²) in [6.45, 7) is 0.472.